The first-order valence-electron chi connectivity index (χ1n) is 7.23. The lowest BCUT2D eigenvalue weighted by Crippen LogP contribution is -2.28. The minimum atomic E-state index is -0.492. The van der Waals surface area contributed by atoms with Crippen molar-refractivity contribution in [1.82, 2.24) is 5.32 Å². The molecule has 124 valence electrons. The van der Waals surface area contributed by atoms with Gasteiger partial charge in [0.2, 0.25) is 0 Å². The molecule has 24 heavy (non-hydrogen) atoms. The van der Waals surface area contributed by atoms with E-state index in [4.69, 9.17) is 16.3 Å². The maximum atomic E-state index is 12.5. The quantitative estimate of drug-likeness (QED) is 0.632. The van der Waals surface area contributed by atoms with Crippen LogP contribution in [0, 0.1) is 11.3 Å². The van der Waals surface area contributed by atoms with Crippen molar-refractivity contribution in [1.29, 1.82) is 5.26 Å². The summed E-state index contributed by atoms with van der Waals surface area (Å²) in [5, 5.41) is 14.1. The number of carbonyl (C=O) groups excluding carboxylic acids is 1. The van der Waals surface area contributed by atoms with Crippen LogP contribution in [0.5, 0.6) is 0 Å². The van der Waals surface area contributed by atoms with Crippen molar-refractivity contribution in [3.8, 4) is 6.07 Å². The van der Waals surface area contributed by atoms with E-state index in [0.717, 1.165) is 10.6 Å². The Morgan fingerprint density at radius 3 is 2.71 bits per heavy atom. The molecule has 1 aliphatic heterocycles. The molecule has 1 heterocycles. The van der Waals surface area contributed by atoms with Crippen molar-refractivity contribution in [3.05, 3.63) is 69.4 Å². The maximum absolute atomic E-state index is 12.5. The molecule has 1 aromatic rings. The largest absolute Gasteiger partial charge is 0.458 e. The van der Waals surface area contributed by atoms with E-state index in [1.54, 1.807) is 19.1 Å². The molecule has 0 aromatic heterocycles. The number of thioether (sulfide) groups is 1. The van der Waals surface area contributed by atoms with E-state index in [1.165, 1.54) is 17.8 Å². The number of hydrogen-bond acceptors (Lipinski definition) is 5. The van der Waals surface area contributed by atoms with Crippen LogP contribution in [-0.4, -0.2) is 18.8 Å². The zero-order valence-corrected chi connectivity index (χ0v) is 15.0. The molecule has 1 atom stereocenters. The Hall–Kier alpha value is -2.16. The SMILES string of the molecule is C=CCOC(=O)C1=C(C)NC(SC)=C(C#N)[C@@H]1c1ccc(Cl)cc1. The molecule has 0 aliphatic carbocycles. The topological polar surface area (TPSA) is 62.1 Å². The lowest BCUT2D eigenvalue weighted by Gasteiger charge is -2.28. The van der Waals surface area contributed by atoms with E-state index in [-0.39, 0.29) is 6.61 Å². The van der Waals surface area contributed by atoms with Crippen molar-refractivity contribution in [2.24, 2.45) is 0 Å². The van der Waals surface area contributed by atoms with Gasteiger partial charge < -0.3 is 10.1 Å². The van der Waals surface area contributed by atoms with Gasteiger partial charge in [0.15, 0.2) is 0 Å². The van der Waals surface area contributed by atoms with Gasteiger partial charge >= 0.3 is 5.97 Å². The summed E-state index contributed by atoms with van der Waals surface area (Å²) in [7, 11) is 0. The monoisotopic (exact) mass is 360 g/mol. The predicted molar refractivity (Wildman–Crippen MR) is 97.3 cm³/mol. The molecule has 1 N–H and O–H groups in total. The normalized spacial score (nSPS) is 17.2. The van der Waals surface area contributed by atoms with Crippen molar-refractivity contribution in [3.63, 3.8) is 0 Å². The van der Waals surface area contributed by atoms with Gasteiger partial charge in [0, 0.05) is 10.7 Å². The van der Waals surface area contributed by atoms with E-state index >= 15 is 0 Å². The van der Waals surface area contributed by atoms with Gasteiger partial charge in [0.05, 0.1) is 28.2 Å². The number of allylic oxidation sites excluding steroid dienone is 2. The zero-order valence-electron chi connectivity index (χ0n) is 13.4. The number of halogens is 1. The standard InChI is InChI=1S/C18H17ClN2O2S/c1-4-9-23-18(22)15-11(2)21-17(24-3)14(10-20)16(15)12-5-7-13(19)8-6-12/h4-8,16,21H,1,9H2,2-3H3/t16-/m0/s1. The minimum Gasteiger partial charge on any atom is -0.458 e. The molecule has 0 bridgehead atoms. The Morgan fingerprint density at radius 2 is 2.17 bits per heavy atom. The van der Waals surface area contributed by atoms with Gasteiger partial charge in [-0.15, -0.1) is 11.8 Å². The first-order chi connectivity index (χ1) is 11.5. The second-order valence-electron chi connectivity index (χ2n) is 5.09. The summed E-state index contributed by atoms with van der Waals surface area (Å²) in [5.74, 6) is -0.957. The molecule has 0 fully saturated rings. The van der Waals surface area contributed by atoms with Crippen molar-refractivity contribution < 1.29 is 9.53 Å². The molecule has 0 saturated heterocycles. The summed E-state index contributed by atoms with van der Waals surface area (Å²) in [5.41, 5.74) is 2.40. The molecule has 0 radical (unpaired) electrons. The van der Waals surface area contributed by atoms with Crippen molar-refractivity contribution >= 4 is 29.3 Å². The number of benzene rings is 1. The molecule has 6 heteroatoms. The van der Waals surface area contributed by atoms with Crippen molar-refractivity contribution in [2.45, 2.75) is 12.8 Å². The van der Waals surface area contributed by atoms with Crippen LogP contribution < -0.4 is 5.32 Å². The number of dihydropyridines is 1. The highest BCUT2D eigenvalue weighted by atomic mass is 35.5. The van der Waals surface area contributed by atoms with Gasteiger partial charge in [-0.2, -0.15) is 5.26 Å². The number of nitrogens with zero attached hydrogens (tertiary/aromatic N) is 1. The number of nitrogens with one attached hydrogen (secondary N) is 1. The Kier molecular flexibility index (Phi) is 6.13. The van der Waals surface area contributed by atoms with Gasteiger partial charge in [0.25, 0.3) is 0 Å². The summed E-state index contributed by atoms with van der Waals surface area (Å²) in [6, 6.07) is 9.36. The fourth-order valence-electron chi connectivity index (χ4n) is 2.55. The lowest BCUT2D eigenvalue weighted by atomic mass is 9.82. The van der Waals surface area contributed by atoms with Crippen LogP contribution in [0.2, 0.25) is 5.02 Å². The zero-order chi connectivity index (χ0) is 17.7. The summed E-state index contributed by atoms with van der Waals surface area (Å²) in [6.07, 6.45) is 3.39. The van der Waals surface area contributed by atoms with Crippen LogP contribution >= 0.6 is 23.4 Å². The summed E-state index contributed by atoms with van der Waals surface area (Å²) < 4.78 is 5.22. The van der Waals surface area contributed by atoms with E-state index in [0.29, 0.717) is 21.9 Å². The molecule has 2 rings (SSSR count). The van der Waals surface area contributed by atoms with Gasteiger partial charge in [-0.1, -0.05) is 36.4 Å². The highest BCUT2D eigenvalue weighted by molar-refractivity contribution is 8.02. The van der Waals surface area contributed by atoms with Crippen LogP contribution in [-0.2, 0) is 9.53 Å². The average Bonchev–Trinajstić information content (AvgIpc) is 2.59. The van der Waals surface area contributed by atoms with Crippen LogP contribution in [0.25, 0.3) is 0 Å². The second kappa shape index (κ2) is 8.09. The van der Waals surface area contributed by atoms with Crippen molar-refractivity contribution in [2.75, 3.05) is 12.9 Å². The van der Waals surface area contributed by atoms with E-state index in [2.05, 4.69) is 18.0 Å². The van der Waals surface area contributed by atoms with Crippen LogP contribution in [0.1, 0.15) is 18.4 Å². The van der Waals surface area contributed by atoms with Gasteiger partial charge in [-0.05, 0) is 30.9 Å². The Bertz CT molecular complexity index is 760. The molecule has 0 amide bonds. The third-order valence-corrected chi connectivity index (χ3v) is 4.59. The molecule has 4 nitrogen and oxygen atoms in total. The summed E-state index contributed by atoms with van der Waals surface area (Å²) in [4.78, 5) is 12.5. The van der Waals surface area contributed by atoms with Crippen LogP contribution in [0.4, 0.5) is 0 Å². The fourth-order valence-corrected chi connectivity index (χ4v) is 3.31. The molecule has 1 aromatic carbocycles. The maximum Gasteiger partial charge on any atom is 0.337 e. The Balaban J connectivity index is 2.57. The van der Waals surface area contributed by atoms with E-state index < -0.39 is 11.9 Å². The number of nitriles is 1. The molecular weight excluding hydrogens is 344 g/mol. The van der Waals surface area contributed by atoms with Gasteiger partial charge in [-0.3, -0.25) is 0 Å². The number of ether oxygens (including phenoxy) is 1. The summed E-state index contributed by atoms with van der Waals surface area (Å²) >= 11 is 7.40. The third kappa shape index (κ3) is 3.66. The smallest absolute Gasteiger partial charge is 0.337 e. The first kappa shape index (κ1) is 18.2. The highest BCUT2D eigenvalue weighted by Gasteiger charge is 2.35. The van der Waals surface area contributed by atoms with E-state index in [1.807, 2.05) is 18.4 Å². The van der Waals surface area contributed by atoms with Gasteiger partial charge in [-0.25, -0.2) is 4.79 Å². The fraction of sp³-hybridized carbons (Fsp3) is 0.222. The van der Waals surface area contributed by atoms with E-state index in [9.17, 15) is 10.1 Å². The van der Waals surface area contributed by atoms with Crippen LogP contribution in [0.3, 0.4) is 0 Å². The molecular formula is C18H17ClN2O2S. The first-order valence-corrected chi connectivity index (χ1v) is 8.83. The number of carbonyl (C=O) groups is 1. The average molecular weight is 361 g/mol. The second-order valence-corrected chi connectivity index (χ2v) is 6.35. The predicted octanol–water partition coefficient (Wildman–Crippen LogP) is 4.13. The third-order valence-electron chi connectivity index (χ3n) is 3.61. The Morgan fingerprint density at radius 1 is 1.50 bits per heavy atom. The summed E-state index contributed by atoms with van der Waals surface area (Å²) in [6.45, 7) is 5.47. The minimum absolute atomic E-state index is 0.115. The van der Waals surface area contributed by atoms with Gasteiger partial charge in [0.1, 0.15) is 6.61 Å². The molecule has 1 aliphatic rings. The lowest BCUT2D eigenvalue weighted by molar-refractivity contribution is -0.138. The number of esters is 1. The molecule has 0 unspecified atom stereocenters. The number of hydrogen-bond donors (Lipinski definition) is 1. The Labute approximate surface area is 150 Å². The molecule has 0 spiro atoms. The highest BCUT2D eigenvalue weighted by Crippen LogP contribution is 2.40. The molecule has 0 saturated carbocycles. The number of rotatable bonds is 5. The van der Waals surface area contributed by atoms with Crippen LogP contribution in [0.15, 0.2) is 58.8 Å².